The molecule has 1 aromatic carbocycles. The summed E-state index contributed by atoms with van der Waals surface area (Å²) in [5, 5.41) is 3.26. The number of carbonyl (C=O) groups is 1. The lowest BCUT2D eigenvalue weighted by atomic mass is 10.1. The normalized spacial score (nSPS) is 16.1. The Bertz CT molecular complexity index is 1070. The van der Waals surface area contributed by atoms with E-state index in [0.717, 1.165) is 10.9 Å². The lowest BCUT2D eigenvalue weighted by Gasteiger charge is -2.31. The van der Waals surface area contributed by atoms with E-state index in [0.29, 0.717) is 40.9 Å². The van der Waals surface area contributed by atoms with Crippen molar-refractivity contribution in [3.8, 4) is 0 Å². The van der Waals surface area contributed by atoms with Gasteiger partial charge in [0.25, 0.3) is 5.91 Å². The van der Waals surface area contributed by atoms with Gasteiger partial charge in [0, 0.05) is 35.1 Å². The molecule has 1 aliphatic heterocycles. The number of benzene rings is 1. The summed E-state index contributed by atoms with van der Waals surface area (Å²) in [6, 6.07) is 10.4. The molecular weight excluding hydrogens is 406 g/mol. The average molecular weight is 424 g/mol. The number of halogens is 1. The fraction of sp³-hybridized carbons (Fsp3) is 0.278. The molecular formula is C18H18ClN3O3S2. The van der Waals surface area contributed by atoms with Gasteiger partial charge in [0.05, 0.1) is 0 Å². The molecule has 6 nitrogen and oxygen atoms in total. The molecule has 0 unspecified atom stereocenters. The molecule has 3 heterocycles. The zero-order valence-electron chi connectivity index (χ0n) is 14.3. The van der Waals surface area contributed by atoms with Crippen LogP contribution in [0.3, 0.4) is 0 Å². The second kappa shape index (κ2) is 7.27. The van der Waals surface area contributed by atoms with Crippen molar-refractivity contribution in [3.63, 3.8) is 0 Å². The van der Waals surface area contributed by atoms with Crippen LogP contribution in [0.25, 0.3) is 10.9 Å². The van der Waals surface area contributed by atoms with Gasteiger partial charge in [0.1, 0.15) is 9.90 Å². The number of aromatic nitrogens is 1. The number of piperidine rings is 1. The smallest absolute Gasteiger partial charge is 0.270 e. The number of thiophene rings is 1. The Balaban J connectivity index is 1.40. The fourth-order valence-electron chi connectivity index (χ4n) is 3.28. The van der Waals surface area contributed by atoms with Gasteiger partial charge < -0.3 is 9.88 Å². The molecule has 142 valence electrons. The maximum atomic E-state index is 12.8. The van der Waals surface area contributed by atoms with Gasteiger partial charge in [0.2, 0.25) is 10.0 Å². The van der Waals surface area contributed by atoms with Crippen molar-refractivity contribution in [1.82, 2.24) is 14.6 Å². The monoisotopic (exact) mass is 423 g/mol. The first-order chi connectivity index (χ1) is 12.9. The van der Waals surface area contributed by atoms with Gasteiger partial charge in [-0.25, -0.2) is 13.1 Å². The van der Waals surface area contributed by atoms with Crippen molar-refractivity contribution in [2.24, 2.45) is 0 Å². The van der Waals surface area contributed by atoms with E-state index < -0.39 is 10.0 Å². The van der Waals surface area contributed by atoms with Crippen molar-refractivity contribution in [2.75, 3.05) is 13.1 Å². The highest BCUT2D eigenvalue weighted by Crippen LogP contribution is 2.23. The van der Waals surface area contributed by atoms with Crippen LogP contribution in [-0.2, 0) is 10.0 Å². The summed E-state index contributed by atoms with van der Waals surface area (Å²) in [5.74, 6) is -0.0816. The van der Waals surface area contributed by atoms with E-state index in [1.54, 1.807) is 34.5 Å². The zero-order valence-corrected chi connectivity index (χ0v) is 16.7. The molecule has 2 N–H and O–H groups in total. The number of fused-ring (bicyclic) bond motifs is 1. The number of aromatic amines is 1. The number of carbonyl (C=O) groups excluding carboxylic acids is 1. The van der Waals surface area contributed by atoms with Crippen LogP contribution in [0.4, 0.5) is 0 Å². The molecule has 1 aliphatic rings. The van der Waals surface area contributed by atoms with Crippen LogP contribution in [0, 0.1) is 0 Å². The maximum Gasteiger partial charge on any atom is 0.270 e. The highest BCUT2D eigenvalue weighted by molar-refractivity contribution is 7.91. The molecule has 1 fully saturated rings. The third kappa shape index (κ3) is 3.89. The third-order valence-corrected chi connectivity index (χ3v) is 7.83. The zero-order chi connectivity index (χ0) is 19.0. The molecule has 2 aromatic heterocycles. The second-order valence-corrected chi connectivity index (χ2v) is 9.86. The first-order valence-corrected chi connectivity index (χ1v) is 11.3. The third-order valence-electron chi connectivity index (χ3n) is 4.68. The Kier molecular flexibility index (Phi) is 4.98. The molecule has 9 heteroatoms. The van der Waals surface area contributed by atoms with E-state index in [1.165, 1.54) is 11.3 Å². The molecule has 1 amide bonds. The van der Waals surface area contributed by atoms with Gasteiger partial charge in [-0.1, -0.05) is 17.7 Å². The van der Waals surface area contributed by atoms with Gasteiger partial charge >= 0.3 is 0 Å². The van der Waals surface area contributed by atoms with Crippen molar-refractivity contribution >= 4 is 49.8 Å². The first kappa shape index (κ1) is 18.5. The van der Waals surface area contributed by atoms with Crippen molar-refractivity contribution < 1.29 is 13.2 Å². The van der Waals surface area contributed by atoms with Crippen LogP contribution < -0.4 is 4.72 Å². The summed E-state index contributed by atoms with van der Waals surface area (Å²) >= 11 is 7.19. The van der Waals surface area contributed by atoms with Gasteiger partial charge in [-0.2, -0.15) is 0 Å². The summed E-state index contributed by atoms with van der Waals surface area (Å²) in [5.41, 5.74) is 1.38. The highest BCUT2D eigenvalue weighted by atomic mass is 35.5. The minimum Gasteiger partial charge on any atom is -0.351 e. The molecule has 4 rings (SSSR count). The van der Waals surface area contributed by atoms with E-state index in [4.69, 9.17) is 11.6 Å². The molecule has 3 aromatic rings. The van der Waals surface area contributed by atoms with E-state index in [9.17, 15) is 13.2 Å². The molecule has 1 saturated heterocycles. The van der Waals surface area contributed by atoms with E-state index >= 15 is 0 Å². The number of rotatable bonds is 4. The summed E-state index contributed by atoms with van der Waals surface area (Å²) < 4.78 is 27.7. The minimum atomic E-state index is -3.48. The molecule has 0 spiro atoms. The molecule has 0 radical (unpaired) electrons. The SMILES string of the molecule is O=C(c1cc2cc(Cl)ccc2[nH]1)N1CCC(NS(=O)(=O)c2cccs2)CC1. The number of hydrogen-bond acceptors (Lipinski definition) is 4. The average Bonchev–Trinajstić information content (AvgIpc) is 3.31. The van der Waals surface area contributed by atoms with Gasteiger partial charge in [-0.3, -0.25) is 4.79 Å². The van der Waals surface area contributed by atoms with Gasteiger partial charge in [-0.05, 0) is 48.6 Å². The second-order valence-electron chi connectivity index (χ2n) is 6.53. The Morgan fingerprint density at radius 3 is 2.70 bits per heavy atom. The lowest BCUT2D eigenvalue weighted by Crippen LogP contribution is -2.46. The summed E-state index contributed by atoms with van der Waals surface area (Å²) in [6.45, 7) is 1.01. The Morgan fingerprint density at radius 1 is 1.22 bits per heavy atom. The number of hydrogen-bond donors (Lipinski definition) is 2. The Labute approximate surface area is 166 Å². The highest BCUT2D eigenvalue weighted by Gasteiger charge is 2.28. The van der Waals surface area contributed by atoms with Gasteiger partial charge in [-0.15, -0.1) is 11.3 Å². The number of sulfonamides is 1. The van der Waals surface area contributed by atoms with Crippen LogP contribution in [0.1, 0.15) is 23.3 Å². The van der Waals surface area contributed by atoms with Crippen LogP contribution in [0.15, 0.2) is 46.0 Å². The van der Waals surface area contributed by atoms with Gasteiger partial charge in [0.15, 0.2) is 0 Å². The number of nitrogens with zero attached hydrogens (tertiary/aromatic N) is 1. The topological polar surface area (TPSA) is 82.3 Å². The molecule has 0 saturated carbocycles. The van der Waals surface area contributed by atoms with Crippen LogP contribution in [0.2, 0.25) is 5.02 Å². The fourth-order valence-corrected chi connectivity index (χ4v) is 5.78. The Hall–Kier alpha value is -1.87. The summed E-state index contributed by atoms with van der Waals surface area (Å²) in [7, 11) is -3.48. The van der Waals surface area contributed by atoms with Crippen LogP contribution in [0.5, 0.6) is 0 Å². The van der Waals surface area contributed by atoms with E-state index in [1.807, 2.05) is 12.1 Å². The predicted molar refractivity (Wildman–Crippen MR) is 107 cm³/mol. The number of amides is 1. The Morgan fingerprint density at radius 2 is 2.00 bits per heavy atom. The lowest BCUT2D eigenvalue weighted by molar-refractivity contribution is 0.0706. The van der Waals surface area contributed by atoms with E-state index in [-0.39, 0.29) is 11.9 Å². The standard InChI is InChI=1S/C18H18ClN3O3S2/c19-13-3-4-15-12(10-13)11-16(20-15)18(23)22-7-5-14(6-8-22)21-27(24,25)17-2-1-9-26-17/h1-4,9-11,14,20-21H,5-8H2. The molecule has 0 atom stereocenters. The summed E-state index contributed by atoms with van der Waals surface area (Å²) in [4.78, 5) is 17.6. The van der Waals surface area contributed by atoms with Crippen LogP contribution >= 0.6 is 22.9 Å². The maximum absolute atomic E-state index is 12.8. The molecule has 0 aliphatic carbocycles. The first-order valence-electron chi connectivity index (χ1n) is 8.56. The number of H-pyrrole nitrogens is 1. The van der Waals surface area contributed by atoms with Crippen molar-refractivity contribution in [1.29, 1.82) is 0 Å². The number of nitrogens with one attached hydrogen (secondary N) is 2. The summed E-state index contributed by atoms with van der Waals surface area (Å²) in [6.07, 6.45) is 1.17. The van der Waals surface area contributed by atoms with Crippen molar-refractivity contribution in [3.05, 3.63) is 52.5 Å². The molecule has 27 heavy (non-hydrogen) atoms. The minimum absolute atomic E-state index is 0.0816. The number of likely N-dealkylation sites (tertiary alicyclic amines) is 1. The molecule has 0 bridgehead atoms. The largest absolute Gasteiger partial charge is 0.351 e. The predicted octanol–water partition coefficient (Wildman–Crippen LogP) is 3.47. The quantitative estimate of drug-likeness (QED) is 0.674. The van der Waals surface area contributed by atoms with E-state index in [2.05, 4.69) is 9.71 Å². The van der Waals surface area contributed by atoms with Crippen LogP contribution in [-0.4, -0.2) is 43.3 Å². The van der Waals surface area contributed by atoms with Crippen molar-refractivity contribution in [2.45, 2.75) is 23.1 Å².